The standard InChI is InChI=1S/C14H16N2O3.C2H6/c1-18-12-6-10-11(7-13(12)19-2)15-8-9-4-3-5-16(9)14(10)17;1-2/h6-9H,3-5H2,1-2H3;1-2H3. The van der Waals surface area contributed by atoms with Gasteiger partial charge in [-0.3, -0.25) is 9.79 Å². The van der Waals surface area contributed by atoms with Gasteiger partial charge in [0.05, 0.1) is 31.5 Å². The van der Waals surface area contributed by atoms with E-state index < -0.39 is 0 Å². The van der Waals surface area contributed by atoms with Crippen LogP contribution in [-0.4, -0.2) is 43.8 Å². The van der Waals surface area contributed by atoms with Gasteiger partial charge in [-0.2, -0.15) is 0 Å². The van der Waals surface area contributed by atoms with Gasteiger partial charge in [0.25, 0.3) is 5.91 Å². The van der Waals surface area contributed by atoms with Crippen molar-refractivity contribution in [3.63, 3.8) is 0 Å². The van der Waals surface area contributed by atoms with E-state index in [9.17, 15) is 4.79 Å². The van der Waals surface area contributed by atoms with Crippen LogP contribution in [0.1, 0.15) is 37.0 Å². The second kappa shape index (κ2) is 6.61. The second-order valence-electron chi connectivity index (χ2n) is 4.71. The van der Waals surface area contributed by atoms with Crippen molar-refractivity contribution in [3.05, 3.63) is 17.7 Å². The number of rotatable bonds is 2. The molecule has 0 N–H and O–H groups in total. The Hall–Kier alpha value is -2.04. The third-order valence-corrected chi connectivity index (χ3v) is 3.68. The highest BCUT2D eigenvalue weighted by Gasteiger charge is 2.32. The number of hydrogen-bond donors (Lipinski definition) is 0. The van der Waals surface area contributed by atoms with E-state index in [-0.39, 0.29) is 11.9 Å². The van der Waals surface area contributed by atoms with E-state index in [0.717, 1.165) is 19.4 Å². The summed E-state index contributed by atoms with van der Waals surface area (Å²) < 4.78 is 10.5. The van der Waals surface area contributed by atoms with Crippen LogP contribution in [0.3, 0.4) is 0 Å². The van der Waals surface area contributed by atoms with Crippen LogP contribution in [0.5, 0.6) is 11.5 Å². The van der Waals surface area contributed by atoms with Crippen molar-refractivity contribution in [2.24, 2.45) is 4.99 Å². The van der Waals surface area contributed by atoms with E-state index in [0.29, 0.717) is 22.7 Å². The summed E-state index contributed by atoms with van der Waals surface area (Å²) in [6, 6.07) is 3.59. The topological polar surface area (TPSA) is 51.1 Å². The lowest BCUT2D eigenvalue weighted by Crippen LogP contribution is -2.35. The molecule has 1 unspecified atom stereocenters. The molecule has 0 saturated carbocycles. The van der Waals surface area contributed by atoms with Crippen molar-refractivity contribution in [2.75, 3.05) is 20.8 Å². The summed E-state index contributed by atoms with van der Waals surface area (Å²) in [5, 5.41) is 0. The highest BCUT2D eigenvalue weighted by atomic mass is 16.5. The zero-order chi connectivity index (χ0) is 15.4. The molecular formula is C16H22N2O3. The van der Waals surface area contributed by atoms with Crippen LogP contribution >= 0.6 is 0 Å². The first-order valence-electron chi connectivity index (χ1n) is 7.35. The minimum absolute atomic E-state index is 0.0240. The van der Waals surface area contributed by atoms with Gasteiger partial charge < -0.3 is 14.4 Å². The Morgan fingerprint density at radius 2 is 1.86 bits per heavy atom. The fourth-order valence-electron chi connectivity index (χ4n) is 2.67. The van der Waals surface area contributed by atoms with Crippen molar-refractivity contribution in [3.8, 4) is 11.5 Å². The maximum Gasteiger partial charge on any atom is 0.256 e. The predicted octanol–water partition coefficient (Wildman–Crippen LogP) is 3.05. The van der Waals surface area contributed by atoms with Crippen LogP contribution < -0.4 is 9.47 Å². The molecule has 0 spiro atoms. The van der Waals surface area contributed by atoms with Gasteiger partial charge in [-0.1, -0.05) is 13.8 Å². The number of carbonyl (C=O) groups is 1. The first-order chi connectivity index (χ1) is 10.2. The molecule has 1 aromatic carbocycles. The van der Waals surface area contributed by atoms with Gasteiger partial charge in [0, 0.05) is 18.8 Å². The Labute approximate surface area is 125 Å². The van der Waals surface area contributed by atoms with Crippen molar-refractivity contribution >= 4 is 17.8 Å². The highest BCUT2D eigenvalue weighted by molar-refractivity contribution is 6.03. The van der Waals surface area contributed by atoms with Gasteiger partial charge >= 0.3 is 0 Å². The number of aliphatic imine (C=N–C) groups is 1. The summed E-state index contributed by atoms with van der Waals surface area (Å²) in [5.41, 5.74) is 1.23. The third-order valence-electron chi connectivity index (χ3n) is 3.68. The minimum atomic E-state index is 0.0240. The van der Waals surface area contributed by atoms with E-state index in [4.69, 9.17) is 9.47 Å². The van der Waals surface area contributed by atoms with Crippen LogP contribution in [0.15, 0.2) is 17.1 Å². The number of carbonyl (C=O) groups excluding carboxylic acids is 1. The van der Waals surface area contributed by atoms with Crippen molar-refractivity contribution in [1.29, 1.82) is 0 Å². The molecule has 2 heterocycles. The van der Waals surface area contributed by atoms with E-state index in [1.807, 2.05) is 25.0 Å². The summed E-state index contributed by atoms with van der Waals surface area (Å²) in [6.45, 7) is 4.79. The number of fused-ring (bicyclic) bond motifs is 2. The maximum absolute atomic E-state index is 12.5. The second-order valence-corrected chi connectivity index (χ2v) is 4.71. The number of methoxy groups -OCH3 is 2. The zero-order valence-electron chi connectivity index (χ0n) is 13.0. The Kier molecular flexibility index (Phi) is 4.83. The lowest BCUT2D eigenvalue weighted by atomic mass is 10.1. The first kappa shape index (κ1) is 15.4. The lowest BCUT2D eigenvalue weighted by Gasteiger charge is -2.20. The van der Waals surface area contributed by atoms with Crippen LogP contribution in [0.2, 0.25) is 0 Å². The van der Waals surface area contributed by atoms with Gasteiger partial charge in [-0.25, -0.2) is 0 Å². The molecule has 114 valence electrons. The molecule has 2 aliphatic rings. The molecule has 0 aromatic heterocycles. The number of nitrogens with zero attached hydrogens (tertiary/aromatic N) is 2. The molecule has 1 fully saturated rings. The smallest absolute Gasteiger partial charge is 0.256 e. The summed E-state index contributed by atoms with van der Waals surface area (Å²) in [4.78, 5) is 18.9. The van der Waals surface area contributed by atoms with Gasteiger partial charge in [0.2, 0.25) is 0 Å². The highest BCUT2D eigenvalue weighted by Crippen LogP contribution is 2.37. The normalized spacial score (nSPS) is 19.1. The number of benzene rings is 1. The average Bonchev–Trinajstić information content (AvgIpc) is 2.97. The molecule has 21 heavy (non-hydrogen) atoms. The molecule has 5 nitrogen and oxygen atoms in total. The zero-order valence-corrected chi connectivity index (χ0v) is 13.0. The van der Waals surface area contributed by atoms with E-state index >= 15 is 0 Å². The molecule has 1 atom stereocenters. The predicted molar refractivity (Wildman–Crippen MR) is 83.1 cm³/mol. The van der Waals surface area contributed by atoms with Crippen molar-refractivity contribution in [2.45, 2.75) is 32.7 Å². The van der Waals surface area contributed by atoms with Gasteiger partial charge in [-0.15, -0.1) is 0 Å². The molecule has 2 aliphatic heterocycles. The quantitative estimate of drug-likeness (QED) is 0.841. The summed E-state index contributed by atoms with van der Waals surface area (Å²) in [5.74, 6) is 1.17. The first-order valence-corrected chi connectivity index (χ1v) is 7.35. The SMILES string of the molecule is CC.COc1cc2c(cc1OC)C(=O)N1CCCC1C=N2. The Morgan fingerprint density at radius 3 is 2.52 bits per heavy atom. The molecule has 0 aliphatic carbocycles. The monoisotopic (exact) mass is 290 g/mol. The van der Waals surface area contributed by atoms with Crippen molar-refractivity contribution in [1.82, 2.24) is 4.90 Å². The minimum Gasteiger partial charge on any atom is -0.493 e. The molecule has 1 saturated heterocycles. The van der Waals surface area contributed by atoms with Crippen LogP contribution in [0.25, 0.3) is 0 Å². The van der Waals surface area contributed by atoms with Crippen LogP contribution in [-0.2, 0) is 0 Å². The van der Waals surface area contributed by atoms with Gasteiger partial charge in [-0.05, 0) is 18.9 Å². The molecule has 1 amide bonds. The molecule has 3 rings (SSSR count). The van der Waals surface area contributed by atoms with E-state index in [1.165, 1.54) is 0 Å². The van der Waals surface area contributed by atoms with E-state index in [2.05, 4.69) is 4.99 Å². The summed E-state index contributed by atoms with van der Waals surface area (Å²) in [6.07, 6.45) is 3.88. The van der Waals surface area contributed by atoms with Crippen molar-refractivity contribution < 1.29 is 14.3 Å². The van der Waals surface area contributed by atoms with Gasteiger partial charge in [0.15, 0.2) is 11.5 Å². The number of ether oxygens (including phenoxy) is 2. The molecular weight excluding hydrogens is 268 g/mol. The Balaban J connectivity index is 0.000000774. The molecule has 1 aromatic rings. The third kappa shape index (κ3) is 2.73. The van der Waals surface area contributed by atoms with Crippen LogP contribution in [0, 0.1) is 0 Å². The Bertz CT molecular complexity index is 555. The Morgan fingerprint density at radius 1 is 1.19 bits per heavy atom. The molecule has 0 bridgehead atoms. The summed E-state index contributed by atoms with van der Waals surface area (Å²) in [7, 11) is 3.14. The van der Waals surface area contributed by atoms with E-state index in [1.54, 1.807) is 26.4 Å². The number of amides is 1. The lowest BCUT2D eigenvalue weighted by molar-refractivity contribution is 0.0774. The maximum atomic E-state index is 12.5. The average molecular weight is 290 g/mol. The molecule has 0 radical (unpaired) electrons. The van der Waals surface area contributed by atoms with Gasteiger partial charge in [0.1, 0.15) is 0 Å². The summed E-state index contributed by atoms with van der Waals surface area (Å²) >= 11 is 0. The van der Waals surface area contributed by atoms with Crippen LogP contribution in [0.4, 0.5) is 5.69 Å². The fraction of sp³-hybridized carbons (Fsp3) is 0.500. The fourth-order valence-corrected chi connectivity index (χ4v) is 2.67. The molecule has 5 heteroatoms. The largest absolute Gasteiger partial charge is 0.493 e. The number of hydrogen-bond acceptors (Lipinski definition) is 4.